The highest BCUT2D eigenvalue weighted by atomic mass is 19.1. The minimum atomic E-state index is -0.0885. The number of carbonyl (C=O) groups is 1. The number of imidazole rings is 1. The SMILES string of the molecule is C=C/C=C(/C=O)C(C)=NC.CC(c1nc2c(F)c(C3CCN(C)CC3)ccc2[nH]1)C1CCCCCCC1. The maximum atomic E-state index is 15.3. The molecule has 2 fully saturated rings. The van der Waals surface area contributed by atoms with Gasteiger partial charge in [0.05, 0.1) is 5.52 Å². The first-order valence-corrected chi connectivity index (χ1v) is 14.0. The molecule has 1 aliphatic heterocycles. The van der Waals surface area contributed by atoms with Crippen LogP contribution in [-0.4, -0.2) is 54.1 Å². The van der Waals surface area contributed by atoms with E-state index >= 15 is 4.39 Å². The Kier molecular flexibility index (Phi) is 11.2. The van der Waals surface area contributed by atoms with Crippen molar-refractivity contribution in [1.82, 2.24) is 14.9 Å². The number of hydrogen-bond acceptors (Lipinski definition) is 4. The van der Waals surface area contributed by atoms with Crippen LogP contribution in [0.4, 0.5) is 4.39 Å². The smallest absolute Gasteiger partial charge is 0.154 e. The third kappa shape index (κ3) is 7.70. The monoisotopic (exact) mass is 508 g/mol. The van der Waals surface area contributed by atoms with Crippen LogP contribution in [0, 0.1) is 11.7 Å². The molecule has 0 radical (unpaired) electrons. The predicted octanol–water partition coefficient (Wildman–Crippen LogP) is 7.36. The van der Waals surface area contributed by atoms with E-state index in [1.165, 1.54) is 44.9 Å². The lowest BCUT2D eigenvalue weighted by Crippen LogP contribution is -2.29. The van der Waals surface area contributed by atoms with Crippen LogP contribution in [0.25, 0.3) is 11.0 Å². The second-order valence-corrected chi connectivity index (χ2v) is 10.7. The van der Waals surface area contributed by atoms with Crippen LogP contribution < -0.4 is 0 Å². The molecular formula is C31H45FN4O. The van der Waals surface area contributed by atoms with Crippen LogP contribution in [0.15, 0.2) is 41.4 Å². The molecule has 37 heavy (non-hydrogen) atoms. The summed E-state index contributed by atoms with van der Waals surface area (Å²) in [4.78, 5) is 24.7. The first-order chi connectivity index (χ1) is 17.9. The summed E-state index contributed by atoms with van der Waals surface area (Å²) in [6, 6.07) is 4.05. The Balaban J connectivity index is 0.000000325. The molecule has 1 aromatic carbocycles. The Labute approximate surface area is 222 Å². The molecule has 0 spiro atoms. The summed E-state index contributed by atoms with van der Waals surface area (Å²) in [7, 11) is 3.79. The van der Waals surface area contributed by atoms with Crippen molar-refractivity contribution in [2.45, 2.75) is 83.5 Å². The van der Waals surface area contributed by atoms with Gasteiger partial charge in [-0.15, -0.1) is 0 Å². The number of hydrogen-bond donors (Lipinski definition) is 1. The molecular weight excluding hydrogens is 463 g/mol. The lowest BCUT2D eigenvalue weighted by molar-refractivity contribution is -0.104. The molecule has 2 heterocycles. The van der Waals surface area contributed by atoms with E-state index in [1.807, 2.05) is 12.1 Å². The van der Waals surface area contributed by atoms with Crippen LogP contribution in [0.2, 0.25) is 0 Å². The predicted molar refractivity (Wildman–Crippen MR) is 153 cm³/mol. The summed E-state index contributed by atoms with van der Waals surface area (Å²) in [5.74, 6) is 2.27. The highest BCUT2D eigenvalue weighted by molar-refractivity contribution is 6.13. The molecule has 1 saturated carbocycles. The molecule has 1 unspecified atom stereocenters. The number of benzene rings is 1. The number of aldehydes is 1. The summed E-state index contributed by atoms with van der Waals surface area (Å²) in [5, 5.41) is 0. The van der Waals surface area contributed by atoms with E-state index in [-0.39, 0.29) is 5.82 Å². The van der Waals surface area contributed by atoms with E-state index < -0.39 is 0 Å². The molecule has 6 heteroatoms. The van der Waals surface area contributed by atoms with Crippen LogP contribution in [0.5, 0.6) is 0 Å². The van der Waals surface area contributed by atoms with Gasteiger partial charge in [-0.05, 0) is 76.2 Å². The number of nitrogens with zero attached hydrogens (tertiary/aromatic N) is 3. The molecule has 4 rings (SSSR count). The zero-order valence-electron chi connectivity index (χ0n) is 23.2. The summed E-state index contributed by atoms with van der Waals surface area (Å²) in [6.45, 7) is 9.63. The Morgan fingerprint density at radius 3 is 2.41 bits per heavy atom. The van der Waals surface area contributed by atoms with E-state index in [0.717, 1.165) is 54.8 Å². The van der Waals surface area contributed by atoms with Crippen LogP contribution in [-0.2, 0) is 4.79 Å². The highest BCUT2D eigenvalue weighted by Crippen LogP contribution is 2.36. The normalized spacial score (nSPS) is 20.0. The molecule has 1 atom stereocenters. The van der Waals surface area contributed by atoms with Crippen molar-refractivity contribution in [3.05, 3.63) is 53.6 Å². The fourth-order valence-electron chi connectivity index (χ4n) is 5.64. The quantitative estimate of drug-likeness (QED) is 0.192. The maximum Gasteiger partial charge on any atom is 0.154 e. The minimum absolute atomic E-state index is 0.0885. The topological polar surface area (TPSA) is 61.4 Å². The number of carbonyl (C=O) groups excluding carboxylic acids is 1. The summed E-state index contributed by atoms with van der Waals surface area (Å²) < 4.78 is 15.3. The van der Waals surface area contributed by atoms with Crippen molar-refractivity contribution in [3.8, 4) is 0 Å². The van der Waals surface area contributed by atoms with Gasteiger partial charge in [0, 0.05) is 24.3 Å². The number of likely N-dealkylation sites (tertiary alicyclic amines) is 1. The number of fused-ring (bicyclic) bond motifs is 1. The van der Waals surface area contributed by atoms with Crippen LogP contribution in [0.3, 0.4) is 0 Å². The van der Waals surface area contributed by atoms with Gasteiger partial charge < -0.3 is 9.88 Å². The molecule has 1 aromatic heterocycles. The Morgan fingerprint density at radius 1 is 1.16 bits per heavy atom. The fourth-order valence-corrected chi connectivity index (χ4v) is 5.64. The van der Waals surface area contributed by atoms with E-state index in [9.17, 15) is 4.79 Å². The summed E-state index contributed by atoms with van der Waals surface area (Å²) >= 11 is 0. The molecule has 202 valence electrons. The number of aliphatic imine (C=N–C) groups is 1. The van der Waals surface area contributed by atoms with E-state index in [0.29, 0.717) is 28.8 Å². The van der Waals surface area contributed by atoms with Crippen LogP contribution >= 0.6 is 0 Å². The molecule has 1 saturated heterocycles. The van der Waals surface area contributed by atoms with Gasteiger partial charge in [0.2, 0.25) is 0 Å². The second-order valence-electron chi connectivity index (χ2n) is 10.7. The standard InChI is InChI=1S/C23H34FN3.C8H11NO/c1-16(17-8-6-4-3-5-7-9-17)23-25-20-11-10-19(21(24)22(20)26-23)18-12-14-27(2)15-13-18;1-4-5-8(6-10)7(2)9-3/h10-11,16-18H,3-9,12-15H2,1-2H3,(H,25,26);4-6H,1H2,2-3H3/b;8-5-,9-7?. The second kappa shape index (κ2) is 14.4. The Morgan fingerprint density at radius 2 is 1.81 bits per heavy atom. The molecule has 1 N–H and O–H groups in total. The van der Waals surface area contributed by atoms with Gasteiger partial charge >= 0.3 is 0 Å². The van der Waals surface area contributed by atoms with Crippen LogP contribution in [0.1, 0.15) is 94.9 Å². The highest BCUT2D eigenvalue weighted by Gasteiger charge is 2.26. The van der Waals surface area contributed by atoms with Gasteiger partial charge in [0.25, 0.3) is 0 Å². The third-order valence-corrected chi connectivity index (χ3v) is 8.27. The van der Waals surface area contributed by atoms with Gasteiger partial charge in [-0.3, -0.25) is 9.79 Å². The molecule has 1 aliphatic carbocycles. The van der Waals surface area contributed by atoms with Crippen molar-refractivity contribution in [2.75, 3.05) is 27.2 Å². The van der Waals surface area contributed by atoms with Crippen molar-refractivity contribution in [2.24, 2.45) is 10.9 Å². The summed E-state index contributed by atoms with van der Waals surface area (Å²) in [6.07, 6.45) is 15.4. The number of piperidine rings is 1. The molecule has 0 bridgehead atoms. The van der Waals surface area contributed by atoms with Crippen molar-refractivity contribution in [3.63, 3.8) is 0 Å². The van der Waals surface area contributed by atoms with Gasteiger partial charge in [0.15, 0.2) is 12.1 Å². The summed E-state index contributed by atoms with van der Waals surface area (Å²) in [5.41, 5.74) is 3.59. The lowest BCUT2D eigenvalue weighted by atomic mass is 9.82. The average Bonchev–Trinajstić information content (AvgIpc) is 3.33. The Bertz CT molecular complexity index is 1090. The lowest BCUT2D eigenvalue weighted by Gasteiger charge is -2.29. The van der Waals surface area contributed by atoms with Crippen molar-refractivity contribution in [1.29, 1.82) is 0 Å². The maximum absolute atomic E-state index is 15.3. The number of aromatic nitrogens is 2. The van der Waals surface area contributed by atoms with Gasteiger partial charge in [-0.1, -0.05) is 63.8 Å². The molecule has 2 aromatic rings. The largest absolute Gasteiger partial charge is 0.342 e. The van der Waals surface area contributed by atoms with Crippen molar-refractivity contribution < 1.29 is 9.18 Å². The van der Waals surface area contributed by atoms with Gasteiger partial charge in [0.1, 0.15) is 11.3 Å². The van der Waals surface area contributed by atoms with E-state index in [2.05, 4.69) is 35.4 Å². The number of aromatic amines is 1. The molecule has 5 nitrogen and oxygen atoms in total. The van der Waals surface area contributed by atoms with Gasteiger partial charge in [-0.2, -0.15) is 0 Å². The fraction of sp³-hybridized carbons (Fsp3) is 0.581. The zero-order valence-corrected chi connectivity index (χ0v) is 23.2. The number of halogens is 1. The zero-order chi connectivity index (χ0) is 26.8. The van der Waals surface area contributed by atoms with Gasteiger partial charge in [-0.25, -0.2) is 9.37 Å². The van der Waals surface area contributed by atoms with E-state index in [1.54, 1.807) is 26.1 Å². The first kappa shape index (κ1) is 29.0. The Hall–Kier alpha value is -2.60. The number of nitrogens with one attached hydrogen (secondary N) is 1. The minimum Gasteiger partial charge on any atom is -0.342 e. The molecule has 0 amide bonds. The first-order valence-electron chi connectivity index (χ1n) is 14.0. The van der Waals surface area contributed by atoms with E-state index in [4.69, 9.17) is 4.98 Å². The molecule has 2 aliphatic rings. The van der Waals surface area contributed by atoms with Crippen molar-refractivity contribution >= 4 is 23.0 Å². The average molecular weight is 509 g/mol. The number of allylic oxidation sites excluding steroid dienone is 3. The number of rotatable bonds is 6. The number of H-pyrrole nitrogens is 1. The third-order valence-electron chi connectivity index (χ3n) is 8.27.